The van der Waals surface area contributed by atoms with E-state index in [1.807, 2.05) is 31.8 Å². The standard InChI is InChI=1S/C24H25BrClN5.C2H5NO/c1-15(22-13-28-14-30(22)2)20-10-16-9-17(25)12-29-23(16)24(31-7-5-27-6-8-31)19-4-3-18(26)11-21(19)20;1-2-3-4/h3-4,9-15,24,27H,5-8H2,1-2H3;2H2,1H3/t15?,24-;/m1./s1. The Kier molecular flexibility index (Phi) is 8.49. The van der Waals surface area contributed by atoms with Gasteiger partial charge in [-0.3, -0.25) is 9.88 Å². The van der Waals surface area contributed by atoms with E-state index >= 15 is 0 Å². The maximum absolute atomic E-state index is 8.92. The van der Waals surface area contributed by atoms with E-state index < -0.39 is 0 Å². The molecular formula is C26H30BrClN6O. The smallest absolute Gasteiger partial charge is 0.0945 e. The lowest BCUT2D eigenvalue weighted by atomic mass is 9.87. The lowest BCUT2D eigenvalue weighted by molar-refractivity contribution is 0.195. The molecule has 1 fully saturated rings. The van der Waals surface area contributed by atoms with Crippen molar-refractivity contribution in [3.05, 3.63) is 85.5 Å². The summed E-state index contributed by atoms with van der Waals surface area (Å²) in [6, 6.07) is 8.58. The molecule has 2 aromatic heterocycles. The van der Waals surface area contributed by atoms with Gasteiger partial charge in [0.1, 0.15) is 0 Å². The van der Waals surface area contributed by atoms with Gasteiger partial charge in [-0.1, -0.05) is 29.8 Å². The summed E-state index contributed by atoms with van der Waals surface area (Å²) < 4.78 is 3.08. The first-order chi connectivity index (χ1) is 16.9. The number of benzene rings is 1. The molecule has 0 saturated carbocycles. The molecule has 0 amide bonds. The van der Waals surface area contributed by atoms with E-state index in [1.165, 1.54) is 22.4 Å². The number of aromatic nitrogens is 3. The number of hydrogen-bond donors (Lipinski definition) is 1. The van der Waals surface area contributed by atoms with Crippen LogP contribution in [0.4, 0.5) is 0 Å². The minimum atomic E-state index is 0.0879. The van der Waals surface area contributed by atoms with Crippen molar-refractivity contribution in [2.24, 2.45) is 12.2 Å². The van der Waals surface area contributed by atoms with E-state index in [4.69, 9.17) is 21.5 Å². The van der Waals surface area contributed by atoms with Crippen LogP contribution in [-0.2, 0) is 7.05 Å². The van der Waals surface area contributed by atoms with Gasteiger partial charge in [0.05, 0.1) is 24.6 Å². The second-order valence-corrected chi connectivity index (χ2v) is 10.1. The van der Waals surface area contributed by atoms with Gasteiger partial charge in [-0.25, -0.2) is 4.98 Å². The van der Waals surface area contributed by atoms with Crippen LogP contribution in [0.1, 0.15) is 53.9 Å². The van der Waals surface area contributed by atoms with E-state index in [0.717, 1.165) is 46.9 Å². The molecule has 3 heterocycles. The molecular weight excluding hydrogens is 528 g/mol. The minimum absolute atomic E-state index is 0.0879. The van der Waals surface area contributed by atoms with Gasteiger partial charge in [0.25, 0.3) is 0 Å². The first-order valence-electron chi connectivity index (χ1n) is 11.8. The van der Waals surface area contributed by atoms with Crippen molar-refractivity contribution in [2.45, 2.75) is 25.8 Å². The number of nitrogens with zero attached hydrogens (tertiary/aromatic N) is 5. The topological polar surface area (TPSA) is 75.4 Å². The molecule has 5 rings (SSSR count). The van der Waals surface area contributed by atoms with E-state index in [0.29, 0.717) is 6.54 Å². The molecule has 184 valence electrons. The fourth-order valence-electron chi connectivity index (χ4n) is 4.83. The fourth-order valence-corrected chi connectivity index (χ4v) is 5.35. The van der Waals surface area contributed by atoms with Crippen LogP contribution in [0.3, 0.4) is 0 Å². The molecule has 0 bridgehead atoms. The molecule has 1 saturated heterocycles. The monoisotopic (exact) mass is 556 g/mol. The Labute approximate surface area is 219 Å². The number of piperazine rings is 1. The number of halogens is 2. The SMILES string of the molecule is CC(C1=Cc2cc(Br)cnc2[C@H](N2CCNCC2)c2ccc(Cl)cc21)c1cncn1C.CCN=O. The zero-order chi connectivity index (χ0) is 24.9. The molecule has 1 aliphatic heterocycles. The van der Waals surface area contributed by atoms with Crippen LogP contribution in [0.2, 0.25) is 5.02 Å². The first kappa shape index (κ1) is 25.7. The molecule has 2 atom stereocenters. The number of pyridine rings is 1. The van der Waals surface area contributed by atoms with Crippen LogP contribution in [-0.4, -0.2) is 52.2 Å². The first-order valence-corrected chi connectivity index (χ1v) is 13.0. The molecule has 1 aromatic carbocycles. The van der Waals surface area contributed by atoms with Gasteiger partial charge in [-0.05, 0) is 69.4 Å². The van der Waals surface area contributed by atoms with Crippen LogP contribution in [0, 0.1) is 4.91 Å². The summed E-state index contributed by atoms with van der Waals surface area (Å²) in [5.74, 6) is 0.151. The van der Waals surface area contributed by atoms with Crippen molar-refractivity contribution in [3.63, 3.8) is 0 Å². The third-order valence-corrected chi connectivity index (χ3v) is 7.19. The van der Waals surface area contributed by atoms with Gasteiger partial charge in [-0.15, -0.1) is 0 Å². The van der Waals surface area contributed by atoms with Crippen molar-refractivity contribution < 1.29 is 0 Å². The van der Waals surface area contributed by atoms with Crippen LogP contribution < -0.4 is 5.32 Å². The third-order valence-electron chi connectivity index (χ3n) is 6.52. The van der Waals surface area contributed by atoms with Crippen LogP contribution in [0.5, 0.6) is 0 Å². The summed E-state index contributed by atoms with van der Waals surface area (Å²) in [5, 5.41) is 6.71. The maximum Gasteiger partial charge on any atom is 0.0945 e. The Morgan fingerprint density at radius 2 is 2.00 bits per heavy atom. The maximum atomic E-state index is 8.92. The highest BCUT2D eigenvalue weighted by Crippen LogP contribution is 2.44. The molecule has 1 aliphatic carbocycles. The lowest BCUT2D eigenvalue weighted by Crippen LogP contribution is -2.45. The molecule has 1 N–H and O–H groups in total. The van der Waals surface area contributed by atoms with E-state index in [9.17, 15) is 0 Å². The quantitative estimate of drug-likeness (QED) is 0.419. The van der Waals surface area contributed by atoms with Crippen molar-refractivity contribution in [1.29, 1.82) is 0 Å². The van der Waals surface area contributed by atoms with Crippen LogP contribution >= 0.6 is 27.5 Å². The summed E-state index contributed by atoms with van der Waals surface area (Å²) >= 11 is 10.2. The second kappa shape index (κ2) is 11.6. The Hall–Kier alpha value is -2.39. The average molecular weight is 558 g/mol. The summed E-state index contributed by atoms with van der Waals surface area (Å²) in [4.78, 5) is 20.7. The Morgan fingerprint density at radius 3 is 2.66 bits per heavy atom. The Balaban J connectivity index is 0.000000672. The molecule has 3 aromatic rings. The zero-order valence-electron chi connectivity index (χ0n) is 20.2. The number of aryl methyl sites for hydroxylation is 1. The molecule has 0 radical (unpaired) electrons. The number of rotatable bonds is 4. The molecule has 7 nitrogen and oxygen atoms in total. The molecule has 9 heteroatoms. The number of imidazole rings is 1. The normalized spacial score (nSPS) is 18.3. The lowest BCUT2D eigenvalue weighted by Gasteiger charge is -2.36. The number of allylic oxidation sites excluding steroid dienone is 1. The van der Waals surface area contributed by atoms with E-state index in [-0.39, 0.29) is 12.0 Å². The largest absolute Gasteiger partial charge is 0.337 e. The highest BCUT2D eigenvalue weighted by atomic mass is 79.9. The summed E-state index contributed by atoms with van der Waals surface area (Å²) in [5.41, 5.74) is 7.11. The molecule has 35 heavy (non-hydrogen) atoms. The highest BCUT2D eigenvalue weighted by Gasteiger charge is 2.33. The van der Waals surface area contributed by atoms with Gasteiger partial charge in [0, 0.05) is 66.7 Å². The summed E-state index contributed by atoms with van der Waals surface area (Å²) in [6.45, 7) is 8.26. The number of nitrogens with one attached hydrogen (secondary N) is 1. The third kappa shape index (κ3) is 5.56. The van der Waals surface area contributed by atoms with Gasteiger partial charge >= 0.3 is 0 Å². The van der Waals surface area contributed by atoms with E-state index in [2.05, 4.69) is 72.1 Å². The Bertz CT molecular complexity index is 1220. The van der Waals surface area contributed by atoms with Gasteiger partial charge in [0.2, 0.25) is 0 Å². The predicted molar refractivity (Wildman–Crippen MR) is 146 cm³/mol. The van der Waals surface area contributed by atoms with Crippen molar-refractivity contribution >= 4 is 39.2 Å². The van der Waals surface area contributed by atoms with Crippen molar-refractivity contribution in [2.75, 3.05) is 32.7 Å². The highest BCUT2D eigenvalue weighted by molar-refractivity contribution is 9.10. The predicted octanol–water partition coefficient (Wildman–Crippen LogP) is 5.66. The number of fused-ring (bicyclic) bond motifs is 2. The van der Waals surface area contributed by atoms with Gasteiger partial charge in [-0.2, -0.15) is 4.91 Å². The minimum Gasteiger partial charge on any atom is -0.337 e. The van der Waals surface area contributed by atoms with E-state index in [1.54, 1.807) is 6.92 Å². The van der Waals surface area contributed by atoms with Gasteiger partial charge < -0.3 is 9.88 Å². The van der Waals surface area contributed by atoms with Crippen molar-refractivity contribution in [3.8, 4) is 0 Å². The van der Waals surface area contributed by atoms with Gasteiger partial charge in [0.15, 0.2) is 0 Å². The molecule has 1 unspecified atom stereocenters. The Morgan fingerprint density at radius 1 is 1.26 bits per heavy atom. The zero-order valence-corrected chi connectivity index (χ0v) is 22.6. The summed E-state index contributed by atoms with van der Waals surface area (Å²) in [6.07, 6.45) is 8.02. The van der Waals surface area contributed by atoms with Crippen LogP contribution in [0.15, 0.2) is 52.6 Å². The second-order valence-electron chi connectivity index (χ2n) is 8.74. The van der Waals surface area contributed by atoms with Crippen molar-refractivity contribution in [1.82, 2.24) is 24.8 Å². The molecule has 0 spiro atoms. The number of hydrogen-bond acceptors (Lipinski definition) is 6. The molecule has 2 aliphatic rings. The number of nitroso groups, excluding NO2 is 1. The fraction of sp³-hybridized carbons (Fsp3) is 0.385. The summed E-state index contributed by atoms with van der Waals surface area (Å²) in [7, 11) is 2.05. The average Bonchev–Trinajstić information content (AvgIpc) is 3.25. The van der Waals surface area contributed by atoms with Crippen LogP contribution in [0.25, 0.3) is 11.6 Å².